The maximum Gasteiger partial charge on any atom is 0.265 e. The Kier molecular flexibility index (Phi) is 4.98. The number of para-hydroxylation sites is 1. The van der Waals surface area contributed by atoms with Crippen LogP contribution in [0.4, 0.5) is 5.69 Å². The highest BCUT2D eigenvalue weighted by molar-refractivity contribution is 7.18. The van der Waals surface area contributed by atoms with Crippen molar-refractivity contribution in [1.29, 1.82) is 0 Å². The minimum atomic E-state index is -0.307. The van der Waals surface area contributed by atoms with E-state index in [2.05, 4.69) is 10.6 Å². The molecule has 0 fully saturated rings. The highest BCUT2D eigenvalue weighted by Gasteiger charge is 2.15. The van der Waals surface area contributed by atoms with E-state index in [0.717, 1.165) is 0 Å². The van der Waals surface area contributed by atoms with Gasteiger partial charge in [-0.05, 0) is 36.4 Å². The Balaban J connectivity index is 1.72. The Hall–Kier alpha value is -2.57. The summed E-state index contributed by atoms with van der Waals surface area (Å²) in [5.41, 5.74) is 0.809. The Morgan fingerprint density at radius 1 is 1.04 bits per heavy atom. The van der Waals surface area contributed by atoms with Gasteiger partial charge in [0.1, 0.15) is 5.76 Å². The number of hydrogen-bond acceptors (Lipinski definition) is 4. The third-order valence-corrected chi connectivity index (χ3v) is 4.45. The monoisotopic (exact) mass is 360 g/mol. The second kappa shape index (κ2) is 7.33. The zero-order chi connectivity index (χ0) is 16.9. The molecule has 2 heterocycles. The first kappa shape index (κ1) is 16.3. The average Bonchev–Trinajstić information content (AvgIpc) is 3.24. The van der Waals surface area contributed by atoms with Crippen molar-refractivity contribution in [1.82, 2.24) is 5.32 Å². The number of halogens is 1. The summed E-state index contributed by atoms with van der Waals surface area (Å²) in [5.74, 6) is 0.0443. The fourth-order valence-electron chi connectivity index (χ4n) is 2.09. The van der Waals surface area contributed by atoms with Crippen molar-refractivity contribution in [3.8, 4) is 0 Å². The van der Waals surface area contributed by atoms with Crippen LogP contribution in [0.25, 0.3) is 0 Å². The quantitative estimate of drug-likeness (QED) is 0.717. The van der Waals surface area contributed by atoms with Crippen molar-refractivity contribution in [2.75, 3.05) is 5.32 Å². The van der Waals surface area contributed by atoms with E-state index in [-0.39, 0.29) is 18.4 Å². The molecule has 1 aromatic carbocycles. The van der Waals surface area contributed by atoms with Crippen LogP contribution >= 0.6 is 22.9 Å². The topological polar surface area (TPSA) is 71.3 Å². The van der Waals surface area contributed by atoms with Gasteiger partial charge in [-0.2, -0.15) is 0 Å². The lowest BCUT2D eigenvalue weighted by Crippen LogP contribution is -2.24. The van der Waals surface area contributed by atoms with Crippen molar-refractivity contribution in [2.45, 2.75) is 6.54 Å². The molecular formula is C17H13ClN2O3S. The van der Waals surface area contributed by atoms with Crippen molar-refractivity contribution >= 4 is 40.4 Å². The summed E-state index contributed by atoms with van der Waals surface area (Å²) in [6, 6.07) is 13.6. The molecule has 0 aliphatic rings. The number of carbonyl (C=O) groups is 2. The summed E-state index contributed by atoms with van der Waals surface area (Å²) >= 11 is 7.02. The van der Waals surface area contributed by atoms with E-state index in [1.54, 1.807) is 54.8 Å². The molecule has 0 saturated carbocycles. The van der Waals surface area contributed by atoms with Gasteiger partial charge in [0.2, 0.25) is 0 Å². The lowest BCUT2D eigenvalue weighted by Gasteiger charge is -2.10. The molecule has 2 aromatic heterocycles. The molecule has 7 heteroatoms. The molecule has 0 spiro atoms. The van der Waals surface area contributed by atoms with Crippen LogP contribution < -0.4 is 10.6 Å². The third-order valence-electron chi connectivity index (χ3n) is 3.22. The molecule has 3 aromatic rings. The largest absolute Gasteiger partial charge is 0.467 e. The van der Waals surface area contributed by atoms with Crippen LogP contribution in [-0.4, -0.2) is 11.8 Å². The molecule has 0 aliphatic carbocycles. The molecule has 0 unspecified atom stereocenters. The van der Waals surface area contributed by atoms with Crippen molar-refractivity contribution in [3.63, 3.8) is 0 Å². The predicted molar refractivity (Wildman–Crippen MR) is 93.6 cm³/mol. The van der Waals surface area contributed by atoms with Crippen LogP contribution in [-0.2, 0) is 6.54 Å². The van der Waals surface area contributed by atoms with E-state index in [4.69, 9.17) is 16.0 Å². The van der Waals surface area contributed by atoms with Gasteiger partial charge in [0.25, 0.3) is 11.8 Å². The minimum absolute atomic E-state index is 0.272. The number of thiophene rings is 1. The molecule has 3 rings (SSSR count). The van der Waals surface area contributed by atoms with Crippen molar-refractivity contribution < 1.29 is 14.0 Å². The van der Waals surface area contributed by atoms with E-state index < -0.39 is 0 Å². The summed E-state index contributed by atoms with van der Waals surface area (Å²) in [7, 11) is 0. The minimum Gasteiger partial charge on any atom is -0.467 e. The Morgan fingerprint density at radius 3 is 2.58 bits per heavy atom. The lowest BCUT2D eigenvalue weighted by atomic mass is 10.1. The molecule has 122 valence electrons. The Bertz CT molecular complexity index is 858. The number of carbonyl (C=O) groups excluding carboxylic acids is 2. The Morgan fingerprint density at radius 2 is 1.88 bits per heavy atom. The van der Waals surface area contributed by atoms with Gasteiger partial charge < -0.3 is 15.1 Å². The summed E-state index contributed by atoms with van der Waals surface area (Å²) in [6.45, 7) is 0.272. The average molecular weight is 361 g/mol. The van der Waals surface area contributed by atoms with Gasteiger partial charge >= 0.3 is 0 Å². The van der Waals surface area contributed by atoms with Crippen molar-refractivity contribution in [2.24, 2.45) is 0 Å². The van der Waals surface area contributed by atoms with E-state index in [1.807, 2.05) is 0 Å². The summed E-state index contributed by atoms with van der Waals surface area (Å²) in [5, 5.41) is 5.50. The fraction of sp³-hybridized carbons (Fsp3) is 0.0588. The first-order chi connectivity index (χ1) is 11.6. The van der Waals surface area contributed by atoms with E-state index >= 15 is 0 Å². The summed E-state index contributed by atoms with van der Waals surface area (Å²) in [6.07, 6.45) is 1.54. The highest BCUT2D eigenvalue weighted by atomic mass is 35.5. The van der Waals surface area contributed by atoms with E-state index in [9.17, 15) is 9.59 Å². The molecule has 0 radical (unpaired) electrons. The predicted octanol–water partition coefficient (Wildman–Crippen LogP) is 4.18. The van der Waals surface area contributed by atoms with Crippen LogP contribution in [0.15, 0.2) is 59.2 Å². The molecule has 2 N–H and O–H groups in total. The molecule has 0 atom stereocenters. The van der Waals surface area contributed by atoms with Gasteiger partial charge in [0.15, 0.2) is 0 Å². The maximum atomic E-state index is 12.4. The van der Waals surface area contributed by atoms with Crippen LogP contribution in [0.5, 0.6) is 0 Å². The molecular weight excluding hydrogens is 348 g/mol. The SMILES string of the molecule is O=C(Nc1ccccc1C(=O)NCc1ccco1)c1ccc(Cl)s1. The van der Waals surface area contributed by atoms with Gasteiger partial charge in [-0.3, -0.25) is 9.59 Å². The molecule has 2 amide bonds. The molecule has 24 heavy (non-hydrogen) atoms. The number of benzene rings is 1. The number of hydrogen-bond donors (Lipinski definition) is 2. The number of amides is 2. The summed E-state index contributed by atoms with van der Waals surface area (Å²) in [4.78, 5) is 25.1. The zero-order valence-corrected chi connectivity index (χ0v) is 14.0. The maximum absolute atomic E-state index is 12.4. The number of anilines is 1. The van der Waals surface area contributed by atoms with Crippen LogP contribution in [0.3, 0.4) is 0 Å². The smallest absolute Gasteiger partial charge is 0.265 e. The summed E-state index contributed by atoms with van der Waals surface area (Å²) < 4.78 is 5.71. The Labute approximate surface area is 147 Å². The number of nitrogens with one attached hydrogen (secondary N) is 2. The first-order valence-corrected chi connectivity index (χ1v) is 8.29. The van der Waals surface area contributed by atoms with Crippen LogP contribution in [0.1, 0.15) is 25.8 Å². The fourth-order valence-corrected chi connectivity index (χ4v) is 3.02. The molecule has 0 bridgehead atoms. The van der Waals surface area contributed by atoms with Crippen LogP contribution in [0.2, 0.25) is 4.34 Å². The van der Waals surface area contributed by atoms with Gasteiger partial charge in [0.05, 0.1) is 33.3 Å². The molecule has 5 nitrogen and oxygen atoms in total. The number of furan rings is 1. The van der Waals surface area contributed by atoms with Gasteiger partial charge in [-0.25, -0.2) is 0 Å². The van der Waals surface area contributed by atoms with Crippen LogP contribution in [0, 0.1) is 0 Å². The van der Waals surface area contributed by atoms with Gasteiger partial charge in [-0.15, -0.1) is 11.3 Å². The first-order valence-electron chi connectivity index (χ1n) is 7.10. The third kappa shape index (κ3) is 3.84. The lowest BCUT2D eigenvalue weighted by molar-refractivity contribution is 0.0949. The second-order valence-electron chi connectivity index (χ2n) is 4.87. The zero-order valence-electron chi connectivity index (χ0n) is 12.4. The molecule has 0 aliphatic heterocycles. The van der Waals surface area contributed by atoms with E-state index in [0.29, 0.717) is 26.2 Å². The van der Waals surface area contributed by atoms with Gasteiger partial charge in [-0.1, -0.05) is 23.7 Å². The van der Waals surface area contributed by atoms with Crippen molar-refractivity contribution in [3.05, 3.63) is 75.3 Å². The standard InChI is InChI=1S/C17H13ClN2O3S/c18-15-8-7-14(24-15)17(22)20-13-6-2-1-5-12(13)16(21)19-10-11-4-3-9-23-11/h1-9H,10H2,(H,19,21)(H,20,22). The number of rotatable bonds is 5. The second-order valence-corrected chi connectivity index (χ2v) is 6.58. The van der Waals surface area contributed by atoms with Gasteiger partial charge in [0, 0.05) is 0 Å². The molecule has 0 saturated heterocycles. The highest BCUT2D eigenvalue weighted by Crippen LogP contribution is 2.23. The van der Waals surface area contributed by atoms with E-state index in [1.165, 1.54) is 11.3 Å². The normalized spacial score (nSPS) is 10.4.